The van der Waals surface area contributed by atoms with Crippen LogP contribution in [0.3, 0.4) is 0 Å². The van der Waals surface area contributed by atoms with E-state index >= 15 is 0 Å². The molecule has 78 valence electrons. The molecule has 2 rings (SSSR count). The third kappa shape index (κ3) is 1.90. The van der Waals surface area contributed by atoms with Crippen LogP contribution in [0.1, 0.15) is 12.8 Å². The number of anilines is 1. The van der Waals surface area contributed by atoms with Crippen LogP contribution < -0.4 is 10.2 Å². The molecule has 1 aromatic rings. The topological polar surface area (TPSA) is 33.1 Å². The zero-order chi connectivity index (χ0) is 9.97. The molecule has 1 aromatic heterocycles. The van der Waals surface area contributed by atoms with Crippen molar-refractivity contribution in [1.82, 2.24) is 14.9 Å². The van der Waals surface area contributed by atoms with Gasteiger partial charge in [-0.25, -0.2) is 4.98 Å². The first-order valence-corrected chi connectivity index (χ1v) is 5.19. The summed E-state index contributed by atoms with van der Waals surface area (Å²) in [6, 6.07) is 0.636. The molecule has 1 atom stereocenters. The highest BCUT2D eigenvalue weighted by Crippen LogP contribution is 2.11. The highest BCUT2D eigenvalue weighted by molar-refractivity contribution is 5.29. The monoisotopic (exact) mass is 194 g/mol. The molecule has 0 aliphatic carbocycles. The lowest BCUT2D eigenvalue weighted by Crippen LogP contribution is -2.36. The first-order chi connectivity index (χ1) is 6.77. The van der Waals surface area contributed by atoms with E-state index in [0.29, 0.717) is 6.04 Å². The van der Waals surface area contributed by atoms with Crippen molar-refractivity contribution in [2.24, 2.45) is 7.05 Å². The summed E-state index contributed by atoms with van der Waals surface area (Å²) in [6.07, 6.45) is 6.41. The fourth-order valence-electron chi connectivity index (χ4n) is 2.05. The van der Waals surface area contributed by atoms with E-state index in [4.69, 9.17) is 0 Å². The maximum absolute atomic E-state index is 4.32. The minimum Gasteiger partial charge on any atom is -0.344 e. The number of imidazole rings is 1. The number of rotatable bonds is 3. The van der Waals surface area contributed by atoms with Crippen LogP contribution >= 0.6 is 0 Å². The Morgan fingerprint density at radius 3 is 3.14 bits per heavy atom. The quantitative estimate of drug-likeness (QED) is 0.765. The van der Waals surface area contributed by atoms with E-state index in [9.17, 15) is 0 Å². The summed E-state index contributed by atoms with van der Waals surface area (Å²) in [5.41, 5.74) is 0. The Labute approximate surface area is 84.9 Å². The molecule has 1 saturated heterocycles. The Balaban J connectivity index is 1.95. The Morgan fingerprint density at radius 2 is 2.57 bits per heavy atom. The van der Waals surface area contributed by atoms with Gasteiger partial charge in [-0.15, -0.1) is 0 Å². The number of nitrogens with zero attached hydrogens (tertiary/aromatic N) is 3. The molecule has 2 heterocycles. The lowest BCUT2D eigenvalue weighted by molar-refractivity contribution is 0.590. The van der Waals surface area contributed by atoms with Gasteiger partial charge in [0.1, 0.15) is 0 Å². The molecule has 4 nitrogen and oxygen atoms in total. The molecular weight excluding hydrogens is 176 g/mol. The normalized spacial score (nSPS) is 21.4. The van der Waals surface area contributed by atoms with E-state index in [-0.39, 0.29) is 0 Å². The van der Waals surface area contributed by atoms with E-state index in [1.54, 1.807) is 0 Å². The van der Waals surface area contributed by atoms with Crippen LogP contribution in [0.5, 0.6) is 0 Å². The summed E-state index contributed by atoms with van der Waals surface area (Å²) in [5, 5.41) is 3.49. The Kier molecular flexibility index (Phi) is 2.72. The summed E-state index contributed by atoms with van der Waals surface area (Å²) in [7, 11) is 4.13. The average Bonchev–Trinajstić information content (AvgIpc) is 2.75. The number of aryl methyl sites for hydroxylation is 1. The fourth-order valence-corrected chi connectivity index (χ4v) is 2.05. The molecule has 14 heavy (non-hydrogen) atoms. The minimum atomic E-state index is 0.636. The van der Waals surface area contributed by atoms with Crippen molar-refractivity contribution in [1.29, 1.82) is 0 Å². The number of hydrogen-bond donors (Lipinski definition) is 1. The molecule has 0 aromatic carbocycles. The molecule has 1 aliphatic heterocycles. The van der Waals surface area contributed by atoms with Gasteiger partial charge in [-0.1, -0.05) is 0 Å². The lowest BCUT2D eigenvalue weighted by Gasteiger charge is -2.22. The molecular formula is C10H18N4. The van der Waals surface area contributed by atoms with E-state index in [0.717, 1.165) is 12.5 Å². The molecule has 0 amide bonds. The van der Waals surface area contributed by atoms with E-state index < -0.39 is 0 Å². The van der Waals surface area contributed by atoms with Crippen LogP contribution in [0.2, 0.25) is 0 Å². The maximum Gasteiger partial charge on any atom is 0.204 e. The molecule has 1 unspecified atom stereocenters. The Bertz CT molecular complexity index is 288. The van der Waals surface area contributed by atoms with Crippen molar-refractivity contribution < 1.29 is 0 Å². The first-order valence-electron chi connectivity index (χ1n) is 5.19. The molecule has 1 fully saturated rings. The zero-order valence-corrected chi connectivity index (χ0v) is 8.90. The standard InChI is InChI=1S/C10H18N4/c1-13-7-6-12-10(13)14(2)8-9-4-3-5-11-9/h6-7,9,11H,3-5,8H2,1-2H3. The predicted octanol–water partition coefficient (Wildman–Crippen LogP) is 0.608. The molecule has 1 aliphatic rings. The third-order valence-corrected chi connectivity index (χ3v) is 2.79. The van der Waals surface area contributed by atoms with Crippen LogP contribution in [0.15, 0.2) is 12.4 Å². The zero-order valence-electron chi connectivity index (χ0n) is 8.90. The van der Waals surface area contributed by atoms with Crippen molar-refractivity contribution >= 4 is 5.95 Å². The van der Waals surface area contributed by atoms with Gasteiger partial charge in [0.2, 0.25) is 5.95 Å². The molecule has 0 saturated carbocycles. The van der Waals surface area contributed by atoms with Crippen molar-refractivity contribution in [3.63, 3.8) is 0 Å². The summed E-state index contributed by atoms with van der Waals surface area (Å²) >= 11 is 0. The van der Waals surface area contributed by atoms with Gasteiger partial charge in [-0.05, 0) is 19.4 Å². The third-order valence-electron chi connectivity index (χ3n) is 2.79. The van der Waals surface area contributed by atoms with E-state index in [1.165, 1.54) is 19.4 Å². The number of hydrogen-bond acceptors (Lipinski definition) is 3. The Morgan fingerprint density at radius 1 is 1.71 bits per heavy atom. The van der Waals surface area contributed by atoms with Gasteiger partial charge in [-0.2, -0.15) is 0 Å². The van der Waals surface area contributed by atoms with Gasteiger partial charge >= 0.3 is 0 Å². The van der Waals surface area contributed by atoms with E-state index in [1.807, 2.05) is 19.4 Å². The molecule has 4 heteroatoms. The number of nitrogens with one attached hydrogen (secondary N) is 1. The van der Waals surface area contributed by atoms with Gasteiger partial charge < -0.3 is 14.8 Å². The summed E-state index contributed by atoms with van der Waals surface area (Å²) in [5.74, 6) is 1.04. The highest BCUT2D eigenvalue weighted by atomic mass is 15.3. The number of likely N-dealkylation sites (N-methyl/N-ethyl adjacent to an activating group) is 1. The van der Waals surface area contributed by atoms with Crippen molar-refractivity contribution in [3.8, 4) is 0 Å². The smallest absolute Gasteiger partial charge is 0.204 e. The fraction of sp³-hybridized carbons (Fsp3) is 0.700. The Hall–Kier alpha value is -1.03. The first kappa shape index (κ1) is 9.52. The van der Waals surface area contributed by atoms with Crippen LogP contribution in [0.4, 0.5) is 5.95 Å². The van der Waals surface area contributed by atoms with Crippen molar-refractivity contribution in [2.75, 3.05) is 25.0 Å². The summed E-state index contributed by atoms with van der Waals surface area (Å²) < 4.78 is 2.05. The highest BCUT2D eigenvalue weighted by Gasteiger charge is 2.17. The van der Waals surface area contributed by atoms with Gasteiger partial charge in [-0.3, -0.25) is 0 Å². The van der Waals surface area contributed by atoms with Crippen LogP contribution in [-0.4, -0.2) is 35.7 Å². The van der Waals surface area contributed by atoms with Crippen LogP contribution in [-0.2, 0) is 7.05 Å². The van der Waals surface area contributed by atoms with Crippen LogP contribution in [0, 0.1) is 0 Å². The molecule has 0 spiro atoms. The SMILES string of the molecule is CN(CC1CCCN1)c1nccn1C. The second-order valence-corrected chi connectivity index (χ2v) is 4.01. The summed E-state index contributed by atoms with van der Waals surface area (Å²) in [4.78, 5) is 6.53. The van der Waals surface area contributed by atoms with E-state index in [2.05, 4.69) is 26.8 Å². The molecule has 0 bridgehead atoms. The maximum atomic E-state index is 4.32. The van der Waals surface area contributed by atoms with Gasteiger partial charge in [0.15, 0.2) is 0 Å². The largest absolute Gasteiger partial charge is 0.344 e. The average molecular weight is 194 g/mol. The van der Waals surface area contributed by atoms with Gasteiger partial charge in [0, 0.05) is 39.1 Å². The predicted molar refractivity (Wildman–Crippen MR) is 57.5 cm³/mol. The van der Waals surface area contributed by atoms with Crippen molar-refractivity contribution in [3.05, 3.63) is 12.4 Å². The van der Waals surface area contributed by atoms with Crippen LogP contribution in [0.25, 0.3) is 0 Å². The second kappa shape index (κ2) is 4.00. The second-order valence-electron chi connectivity index (χ2n) is 4.01. The number of aromatic nitrogens is 2. The molecule has 1 N–H and O–H groups in total. The van der Waals surface area contributed by atoms with Gasteiger partial charge in [0.05, 0.1) is 0 Å². The van der Waals surface area contributed by atoms with Crippen molar-refractivity contribution in [2.45, 2.75) is 18.9 Å². The minimum absolute atomic E-state index is 0.636. The lowest BCUT2D eigenvalue weighted by atomic mass is 10.2. The van der Waals surface area contributed by atoms with Gasteiger partial charge in [0.25, 0.3) is 0 Å². The summed E-state index contributed by atoms with van der Waals surface area (Å²) in [6.45, 7) is 2.21. The molecule has 0 radical (unpaired) electrons.